The van der Waals surface area contributed by atoms with Crippen molar-refractivity contribution in [2.75, 3.05) is 35.2 Å². The molecule has 16 nitrogen and oxygen atoms in total. The third-order valence-corrected chi connectivity index (χ3v) is 12.8. The number of ether oxygens (including phenoxy) is 1. The first-order valence-electron chi connectivity index (χ1n) is 21.1. The van der Waals surface area contributed by atoms with Gasteiger partial charge in [-0.15, -0.1) is 0 Å². The van der Waals surface area contributed by atoms with Crippen molar-refractivity contribution >= 4 is 52.4 Å². The summed E-state index contributed by atoms with van der Waals surface area (Å²) in [6, 6.07) is 6.13. The summed E-state index contributed by atoms with van der Waals surface area (Å²) >= 11 is 0. The molecular weight excluding hydrogens is 779 g/mol. The smallest absolute Gasteiger partial charge is 0.284 e. The van der Waals surface area contributed by atoms with Gasteiger partial charge in [-0.2, -0.15) is 10.2 Å². The minimum atomic E-state index is -2.86. The molecule has 0 spiro atoms. The molecule has 1 aromatic carbocycles. The lowest BCUT2D eigenvalue weighted by molar-refractivity contribution is -0.136. The van der Waals surface area contributed by atoms with Crippen molar-refractivity contribution in [3.05, 3.63) is 65.2 Å². The van der Waals surface area contributed by atoms with Crippen LogP contribution in [-0.4, -0.2) is 96.7 Å². The minimum absolute atomic E-state index is 0.00970. The molecule has 4 aromatic rings. The summed E-state index contributed by atoms with van der Waals surface area (Å²) in [7, 11) is 0. The van der Waals surface area contributed by atoms with Gasteiger partial charge >= 0.3 is 0 Å². The van der Waals surface area contributed by atoms with Gasteiger partial charge in [0.25, 0.3) is 24.1 Å². The van der Waals surface area contributed by atoms with Crippen LogP contribution in [0.2, 0.25) is 0 Å². The molecule has 316 valence electrons. The molecule has 18 heteroatoms. The van der Waals surface area contributed by atoms with Crippen LogP contribution in [0.5, 0.6) is 0 Å². The number of amides is 5. The SMILES string of the molecule is O=C1CCC(N2C(=O)c3cccc(NCCCCCCC[C@H]4CC[C@H](n5cc(NC(=O)c6cnn7ccc(N8C[C@H]9C[C@@H]8CO9)nc67)c(C(F)F)n5)CC4)c3C2=O)C(=O)N1. The number of nitrogens with zero attached hydrogens (tertiary/aromatic N) is 7. The van der Waals surface area contributed by atoms with Gasteiger partial charge in [-0.3, -0.25) is 38.9 Å². The molecule has 1 saturated carbocycles. The second kappa shape index (κ2) is 16.7. The number of morpholine rings is 1. The number of aromatic nitrogens is 5. The maximum atomic E-state index is 14.2. The molecule has 1 aliphatic carbocycles. The monoisotopic (exact) mass is 826 g/mol. The van der Waals surface area contributed by atoms with Crippen LogP contribution in [0.4, 0.5) is 26.0 Å². The molecule has 5 aliphatic rings. The van der Waals surface area contributed by atoms with E-state index < -0.39 is 47.7 Å². The van der Waals surface area contributed by atoms with Crippen LogP contribution in [0.1, 0.15) is 133 Å². The Balaban J connectivity index is 0.707. The highest BCUT2D eigenvalue weighted by molar-refractivity contribution is 6.25. The highest BCUT2D eigenvalue weighted by Crippen LogP contribution is 2.38. The fraction of sp³-hybridized carbons (Fsp3) is 0.524. The predicted molar refractivity (Wildman–Crippen MR) is 214 cm³/mol. The van der Waals surface area contributed by atoms with Gasteiger partial charge in [-0.05, 0) is 69.1 Å². The molecule has 0 radical (unpaired) electrons. The summed E-state index contributed by atoms with van der Waals surface area (Å²) in [5.41, 5.74) is 1.16. The molecule has 2 bridgehead atoms. The van der Waals surface area contributed by atoms with Crippen molar-refractivity contribution in [3.63, 3.8) is 0 Å². The van der Waals surface area contributed by atoms with Crippen LogP contribution in [0.25, 0.3) is 5.65 Å². The topological polar surface area (TPSA) is 185 Å². The normalized spacial score (nSPS) is 23.9. The van der Waals surface area contributed by atoms with E-state index in [1.807, 2.05) is 6.07 Å². The molecule has 5 amide bonds. The maximum Gasteiger partial charge on any atom is 0.284 e. The second-order valence-corrected chi connectivity index (χ2v) is 16.6. The number of imide groups is 2. The minimum Gasteiger partial charge on any atom is -0.384 e. The van der Waals surface area contributed by atoms with Crippen LogP contribution in [0.3, 0.4) is 0 Å². The second-order valence-electron chi connectivity index (χ2n) is 16.6. The summed E-state index contributed by atoms with van der Waals surface area (Å²) in [6.45, 7) is 2.00. The number of carbonyl (C=O) groups excluding carboxylic acids is 5. The Bertz CT molecular complexity index is 2320. The van der Waals surface area contributed by atoms with E-state index in [4.69, 9.17) is 9.72 Å². The number of unbranched alkanes of at least 4 members (excludes halogenated alkanes) is 4. The third kappa shape index (κ3) is 7.72. The molecule has 9 rings (SSSR count). The molecule has 3 saturated heterocycles. The van der Waals surface area contributed by atoms with Gasteiger partial charge in [0.05, 0.1) is 47.8 Å². The van der Waals surface area contributed by atoms with Crippen LogP contribution >= 0.6 is 0 Å². The maximum absolute atomic E-state index is 14.2. The van der Waals surface area contributed by atoms with Crippen LogP contribution in [0, 0.1) is 5.92 Å². The average Bonchev–Trinajstić information content (AvgIpc) is 4.09. The number of rotatable bonds is 15. The van der Waals surface area contributed by atoms with Gasteiger partial charge in [0, 0.05) is 37.6 Å². The van der Waals surface area contributed by atoms with E-state index in [0.717, 1.165) is 87.9 Å². The Morgan fingerprint density at radius 1 is 0.950 bits per heavy atom. The van der Waals surface area contributed by atoms with Crippen LogP contribution in [-0.2, 0) is 14.3 Å². The Hall–Kier alpha value is -5.78. The molecule has 60 heavy (non-hydrogen) atoms. The number of hydrogen-bond acceptors (Lipinski definition) is 11. The van der Waals surface area contributed by atoms with E-state index in [1.54, 1.807) is 29.1 Å². The first-order valence-corrected chi connectivity index (χ1v) is 21.1. The lowest BCUT2D eigenvalue weighted by Crippen LogP contribution is -2.54. The van der Waals surface area contributed by atoms with Crippen LogP contribution in [0.15, 0.2) is 42.9 Å². The zero-order chi connectivity index (χ0) is 41.5. The first kappa shape index (κ1) is 39.7. The number of alkyl halides is 2. The van der Waals surface area contributed by atoms with Crippen molar-refractivity contribution in [3.8, 4) is 0 Å². The number of carbonyl (C=O) groups is 5. The average molecular weight is 827 g/mol. The van der Waals surface area contributed by atoms with E-state index in [0.29, 0.717) is 30.4 Å². The molecule has 1 unspecified atom stereocenters. The number of piperidine rings is 1. The van der Waals surface area contributed by atoms with E-state index in [2.05, 4.69) is 31.0 Å². The standard InChI is InChI=1S/C42H48F2N10O6/c43-37(44)36-31(47-39(56)29-20-46-52-18-16-33(48-38(29)52)51-21-27-19-26(51)23-60-27)22-53(50-36)25-12-10-24(11-13-25)7-4-2-1-3-5-17-45-30-9-6-8-28-35(30)42(59)54(41(28)58)32-14-15-34(55)49-40(32)57/h6,8-9,16,18,20,22,24-27,32,37,45H,1-5,7,10-15,17,19,21,23H2,(H,47,56)(H,49,55,57)/t24-,25-,26-,27-,32?/m1/s1. The van der Waals surface area contributed by atoms with Gasteiger partial charge in [-0.1, -0.05) is 38.2 Å². The first-order chi connectivity index (χ1) is 29.1. The van der Waals surface area contributed by atoms with Crippen molar-refractivity contribution in [1.82, 2.24) is 34.6 Å². The predicted octanol–water partition coefficient (Wildman–Crippen LogP) is 5.68. The van der Waals surface area contributed by atoms with E-state index in [9.17, 15) is 32.8 Å². The van der Waals surface area contributed by atoms with Gasteiger partial charge in [-0.25, -0.2) is 18.3 Å². The number of halogens is 2. The fourth-order valence-corrected chi connectivity index (χ4v) is 9.57. The lowest BCUT2D eigenvalue weighted by Gasteiger charge is -2.28. The highest BCUT2D eigenvalue weighted by atomic mass is 19.3. The number of nitrogens with one attached hydrogen (secondary N) is 3. The number of hydrogen-bond donors (Lipinski definition) is 3. The molecule has 3 N–H and O–H groups in total. The largest absolute Gasteiger partial charge is 0.384 e. The Morgan fingerprint density at radius 3 is 2.53 bits per heavy atom. The summed E-state index contributed by atoms with van der Waals surface area (Å²) in [5.74, 6) is -1.37. The number of fused-ring (bicyclic) bond motifs is 4. The summed E-state index contributed by atoms with van der Waals surface area (Å²) in [4.78, 5) is 71.8. The molecule has 3 aromatic heterocycles. The fourth-order valence-electron chi connectivity index (χ4n) is 9.57. The quantitative estimate of drug-likeness (QED) is 0.0990. The Morgan fingerprint density at radius 2 is 1.77 bits per heavy atom. The van der Waals surface area contributed by atoms with Crippen molar-refractivity contribution < 1.29 is 37.5 Å². The van der Waals surface area contributed by atoms with Crippen LogP contribution < -0.4 is 20.9 Å². The van der Waals surface area contributed by atoms with E-state index in [-0.39, 0.29) is 53.4 Å². The van der Waals surface area contributed by atoms with Gasteiger partial charge < -0.3 is 20.3 Å². The lowest BCUT2D eigenvalue weighted by atomic mass is 9.83. The molecular formula is C42H48F2N10O6. The Labute approximate surface area is 344 Å². The zero-order valence-electron chi connectivity index (χ0n) is 33.2. The Kier molecular flexibility index (Phi) is 11.0. The molecule has 3 atom stereocenters. The van der Waals surface area contributed by atoms with E-state index in [1.165, 1.54) is 16.9 Å². The summed E-state index contributed by atoms with van der Waals surface area (Å²) in [5, 5.41) is 16.7. The summed E-state index contributed by atoms with van der Waals surface area (Å²) < 4.78 is 37.2. The molecule has 4 fully saturated rings. The van der Waals surface area contributed by atoms with E-state index >= 15 is 0 Å². The van der Waals surface area contributed by atoms with Gasteiger partial charge in [0.15, 0.2) is 11.3 Å². The number of anilines is 3. The van der Waals surface area contributed by atoms with Crippen molar-refractivity contribution in [1.29, 1.82) is 0 Å². The van der Waals surface area contributed by atoms with Crippen molar-refractivity contribution in [2.45, 2.75) is 114 Å². The third-order valence-electron chi connectivity index (χ3n) is 12.8. The summed E-state index contributed by atoms with van der Waals surface area (Å²) in [6.07, 6.45) is 13.0. The number of benzene rings is 1. The molecule has 4 aliphatic heterocycles. The highest BCUT2D eigenvalue weighted by Gasteiger charge is 2.46. The van der Waals surface area contributed by atoms with Gasteiger partial charge in [0.1, 0.15) is 17.4 Å². The van der Waals surface area contributed by atoms with Crippen molar-refractivity contribution in [2.24, 2.45) is 5.92 Å². The van der Waals surface area contributed by atoms with Gasteiger partial charge in [0.2, 0.25) is 11.8 Å². The zero-order valence-corrected chi connectivity index (χ0v) is 33.2. The molecule has 7 heterocycles.